The van der Waals surface area contributed by atoms with Gasteiger partial charge in [0, 0.05) is 24.9 Å². The fourth-order valence-corrected chi connectivity index (χ4v) is 3.68. The van der Waals surface area contributed by atoms with Gasteiger partial charge in [-0.25, -0.2) is 19.4 Å². The van der Waals surface area contributed by atoms with Crippen molar-refractivity contribution in [3.63, 3.8) is 0 Å². The second kappa shape index (κ2) is 20.0. The van der Waals surface area contributed by atoms with E-state index in [0.29, 0.717) is 37.3 Å². The number of nitrogens with zero attached hydrogens (tertiary/aromatic N) is 2. The number of aliphatic carboxylic acids is 1. The molecule has 14 N–H and O–H groups in total. The predicted molar refractivity (Wildman–Crippen MR) is 162 cm³/mol. The average Bonchev–Trinajstić information content (AvgIpc) is 3.48. The Balaban J connectivity index is 0.000000430. The number of esters is 3. The van der Waals surface area contributed by atoms with Crippen molar-refractivity contribution in [2.45, 2.75) is 56.3 Å². The van der Waals surface area contributed by atoms with Crippen LogP contribution in [0.25, 0.3) is 0 Å². The van der Waals surface area contributed by atoms with E-state index in [1.54, 1.807) is 36.0 Å². The molecule has 2 aromatic rings. The molecule has 0 spiro atoms. The Morgan fingerprint density at radius 3 is 2.12 bits per heavy atom. The maximum absolute atomic E-state index is 11.7. The Morgan fingerprint density at radius 1 is 0.930 bits per heavy atom. The normalized spacial score (nSPS) is 13.3. The van der Waals surface area contributed by atoms with Crippen LogP contribution in [0.2, 0.25) is 0 Å². The van der Waals surface area contributed by atoms with Gasteiger partial charge < -0.3 is 54.0 Å². The molecule has 0 aliphatic carbocycles. The summed E-state index contributed by atoms with van der Waals surface area (Å²) in [4.78, 5) is 56.1. The van der Waals surface area contributed by atoms with Crippen LogP contribution in [0.15, 0.2) is 41.8 Å². The van der Waals surface area contributed by atoms with Crippen molar-refractivity contribution >= 4 is 41.6 Å². The van der Waals surface area contributed by atoms with Crippen molar-refractivity contribution in [2.24, 2.45) is 39.4 Å². The number of carbonyl (C=O) groups is 4. The zero-order valence-corrected chi connectivity index (χ0v) is 24.7. The predicted octanol–water partition coefficient (Wildman–Crippen LogP) is -1.64. The SMILES string of the molecule is CSCC[C@H](N)C(=O)Oc1ccc(C[C@H](N)C(=O)O)cc1.NC(N)=NCCC[C@H](N)C(=O)OC(=O)[C@@H](N)Cc1cnc[nH]1. The number of guanidine groups is 1. The van der Waals surface area contributed by atoms with E-state index in [1.165, 1.54) is 12.5 Å². The average molecular weight is 624 g/mol. The lowest BCUT2D eigenvalue weighted by atomic mass is 10.1. The van der Waals surface area contributed by atoms with Gasteiger partial charge in [0.1, 0.15) is 29.9 Å². The lowest BCUT2D eigenvalue weighted by Crippen LogP contribution is -2.40. The topological polar surface area (TPSA) is 304 Å². The molecule has 17 heteroatoms. The standard InChI is InChI=1S/C14H20N2O4S.C12H21N7O3/c1-21-7-6-11(15)14(19)20-10-4-2-9(3-5-10)8-12(16)13(17)18;13-8(2-1-3-18-12(15)16)10(20)22-11(21)9(14)4-7-5-17-6-19-7/h2-5,11-12H,6-8,15-16H2,1H3,(H,17,18);5-6,8-9H,1-4,13-14H2,(H,17,19)(H4,15,16,18)/t11-,12-;8-,9-/m00/s1. The minimum atomic E-state index is -1.05. The van der Waals surface area contributed by atoms with Gasteiger partial charge in [0.2, 0.25) is 0 Å². The molecule has 0 saturated heterocycles. The number of nitrogens with two attached hydrogens (primary N) is 6. The molecule has 0 bridgehead atoms. The van der Waals surface area contributed by atoms with Crippen molar-refractivity contribution in [1.29, 1.82) is 0 Å². The highest BCUT2D eigenvalue weighted by Crippen LogP contribution is 2.14. The van der Waals surface area contributed by atoms with Crippen molar-refractivity contribution in [3.05, 3.63) is 48.0 Å². The van der Waals surface area contributed by atoms with Crippen molar-refractivity contribution in [1.82, 2.24) is 9.97 Å². The lowest BCUT2D eigenvalue weighted by Gasteiger charge is -2.12. The van der Waals surface area contributed by atoms with Crippen LogP contribution in [-0.4, -0.2) is 87.6 Å². The van der Waals surface area contributed by atoms with Crippen LogP contribution in [0.1, 0.15) is 30.5 Å². The quantitative estimate of drug-likeness (QED) is 0.0259. The molecule has 0 unspecified atom stereocenters. The van der Waals surface area contributed by atoms with Gasteiger partial charge in [-0.2, -0.15) is 11.8 Å². The van der Waals surface area contributed by atoms with Crippen LogP contribution in [0, 0.1) is 0 Å². The first kappa shape index (κ1) is 37.0. The van der Waals surface area contributed by atoms with E-state index >= 15 is 0 Å². The summed E-state index contributed by atoms with van der Waals surface area (Å²) < 4.78 is 9.81. The summed E-state index contributed by atoms with van der Waals surface area (Å²) in [5.74, 6) is -2.04. The van der Waals surface area contributed by atoms with Crippen LogP contribution in [-0.2, 0) is 36.8 Å². The number of rotatable bonds is 16. The summed E-state index contributed by atoms with van der Waals surface area (Å²) >= 11 is 1.62. The van der Waals surface area contributed by atoms with E-state index in [-0.39, 0.29) is 18.8 Å². The largest absolute Gasteiger partial charge is 0.480 e. The summed E-state index contributed by atoms with van der Waals surface area (Å²) in [7, 11) is 0. The van der Waals surface area contributed by atoms with Gasteiger partial charge in [0.05, 0.1) is 6.33 Å². The maximum Gasteiger partial charge on any atom is 0.330 e. The summed E-state index contributed by atoms with van der Waals surface area (Å²) in [6.45, 7) is 0.344. The van der Waals surface area contributed by atoms with Gasteiger partial charge >= 0.3 is 23.9 Å². The third-order valence-electron chi connectivity index (χ3n) is 5.62. The van der Waals surface area contributed by atoms with Gasteiger partial charge in [-0.15, -0.1) is 0 Å². The Morgan fingerprint density at radius 2 is 1.56 bits per heavy atom. The molecule has 1 aromatic heterocycles. The van der Waals surface area contributed by atoms with E-state index in [0.717, 1.165) is 11.3 Å². The summed E-state index contributed by atoms with van der Waals surface area (Å²) in [6.07, 6.45) is 6.68. The molecule has 4 atom stereocenters. The van der Waals surface area contributed by atoms with Crippen molar-refractivity contribution in [3.8, 4) is 5.75 Å². The molecule has 1 aromatic carbocycles. The minimum absolute atomic E-state index is 0.0314. The van der Waals surface area contributed by atoms with Crippen LogP contribution >= 0.6 is 11.8 Å². The van der Waals surface area contributed by atoms with Gasteiger partial charge in [-0.05, 0) is 55.4 Å². The number of aromatic amines is 1. The number of nitrogens with one attached hydrogen (secondary N) is 1. The fourth-order valence-electron chi connectivity index (χ4n) is 3.19. The van der Waals surface area contributed by atoms with E-state index in [2.05, 4.69) is 19.7 Å². The van der Waals surface area contributed by atoms with Crippen molar-refractivity contribution in [2.75, 3.05) is 18.6 Å². The first-order chi connectivity index (χ1) is 20.3. The molecule has 43 heavy (non-hydrogen) atoms. The molecular weight excluding hydrogens is 582 g/mol. The number of carboxylic acids is 1. The molecule has 0 aliphatic rings. The Labute approximate surface area is 253 Å². The zero-order chi connectivity index (χ0) is 32.4. The number of carbonyl (C=O) groups excluding carboxylic acids is 3. The molecular formula is C26H41N9O7S. The van der Waals surface area contributed by atoms with Crippen molar-refractivity contribution < 1.29 is 33.8 Å². The van der Waals surface area contributed by atoms with E-state index in [1.807, 2.05) is 6.26 Å². The number of carboxylic acid groups (broad SMARTS) is 1. The number of aromatic nitrogens is 2. The second-order valence-electron chi connectivity index (χ2n) is 9.28. The number of H-pyrrole nitrogens is 1. The third-order valence-corrected chi connectivity index (χ3v) is 6.26. The summed E-state index contributed by atoms with van der Waals surface area (Å²) in [5, 5.41) is 8.74. The second-order valence-corrected chi connectivity index (χ2v) is 10.3. The Kier molecular flexibility index (Phi) is 17.2. The highest BCUT2D eigenvalue weighted by molar-refractivity contribution is 7.98. The van der Waals surface area contributed by atoms with Crippen LogP contribution in [0.5, 0.6) is 5.75 Å². The number of hydrogen-bond acceptors (Lipinski definition) is 13. The van der Waals surface area contributed by atoms with E-state index in [4.69, 9.17) is 44.2 Å². The number of ether oxygens (including phenoxy) is 2. The van der Waals surface area contributed by atoms with Gasteiger partial charge in [0.25, 0.3) is 0 Å². The highest BCUT2D eigenvalue weighted by atomic mass is 32.2. The highest BCUT2D eigenvalue weighted by Gasteiger charge is 2.23. The van der Waals surface area contributed by atoms with E-state index in [9.17, 15) is 19.2 Å². The number of thioether (sulfide) groups is 1. The molecule has 1 heterocycles. The molecule has 0 radical (unpaired) electrons. The first-order valence-electron chi connectivity index (χ1n) is 13.2. The fraction of sp³-hybridized carbons (Fsp3) is 0.462. The summed E-state index contributed by atoms with van der Waals surface area (Å²) in [6, 6.07) is 3.07. The number of aliphatic imine (C=N–C) groups is 1. The zero-order valence-electron chi connectivity index (χ0n) is 23.9. The minimum Gasteiger partial charge on any atom is -0.480 e. The molecule has 238 valence electrons. The Bertz CT molecular complexity index is 1180. The maximum atomic E-state index is 11.7. The molecule has 2 rings (SSSR count). The molecule has 0 aliphatic heterocycles. The third kappa shape index (κ3) is 15.7. The Hall–Kier alpha value is -4.03. The number of hydrogen-bond donors (Lipinski definition) is 8. The van der Waals surface area contributed by atoms with Crippen LogP contribution in [0.4, 0.5) is 0 Å². The smallest absolute Gasteiger partial charge is 0.330 e. The molecule has 0 fully saturated rings. The van der Waals surface area contributed by atoms with Crippen LogP contribution in [0.3, 0.4) is 0 Å². The van der Waals surface area contributed by atoms with Gasteiger partial charge in [-0.3, -0.25) is 9.79 Å². The van der Waals surface area contributed by atoms with Crippen LogP contribution < -0.4 is 39.1 Å². The number of benzene rings is 1. The summed E-state index contributed by atoms with van der Waals surface area (Å²) in [5.41, 5.74) is 34.2. The molecule has 16 nitrogen and oxygen atoms in total. The van der Waals surface area contributed by atoms with E-state index < -0.39 is 48.0 Å². The first-order valence-corrected chi connectivity index (χ1v) is 14.6. The molecule has 0 amide bonds. The molecule has 0 saturated carbocycles. The van der Waals surface area contributed by atoms with Gasteiger partial charge in [-0.1, -0.05) is 12.1 Å². The number of imidazole rings is 1. The monoisotopic (exact) mass is 623 g/mol. The lowest BCUT2D eigenvalue weighted by molar-refractivity contribution is -0.161. The van der Waals surface area contributed by atoms with Gasteiger partial charge in [0.15, 0.2) is 5.96 Å².